The number of hydrogen-bond donors (Lipinski definition) is 1. The van der Waals surface area contributed by atoms with E-state index in [-0.39, 0.29) is 18.5 Å². The fourth-order valence-electron chi connectivity index (χ4n) is 3.61. The van der Waals surface area contributed by atoms with Gasteiger partial charge in [0, 0.05) is 17.6 Å². The van der Waals surface area contributed by atoms with Gasteiger partial charge in [-0.3, -0.25) is 13.9 Å². The largest absolute Gasteiger partial charge is 0.352 e. The van der Waals surface area contributed by atoms with Crippen LogP contribution in [0.1, 0.15) is 43.9 Å². The molecular formula is C25H34ClN3O4S. The van der Waals surface area contributed by atoms with Gasteiger partial charge in [-0.1, -0.05) is 48.9 Å². The van der Waals surface area contributed by atoms with Gasteiger partial charge in [0.25, 0.3) is 0 Å². The number of amides is 2. The van der Waals surface area contributed by atoms with Crippen LogP contribution in [0, 0.1) is 13.8 Å². The fraction of sp³-hybridized carbons (Fsp3) is 0.440. The van der Waals surface area contributed by atoms with E-state index in [1.54, 1.807) is 57.2 Å². The molecule has 0 saturated heterocycles. The molecule has 0 unspecified atom stereocenters. The van der Waals surface area contributed by atoms with E-state index >= 15 is 0 Å². The Morgan fingerprint density at radius 1 is 1.03 bits per heavy atom. The van der Waals surface area contributed by atoms with Gasteiger partial charge in [-0.2, -0.15) is 0 Å². The molecule has 2 aromatic rings. The smallest absolute Gasteiger partial charge is 0.244 e. The lowest BCUT2D eigenvalue weighted by Crippen LogP contribution is -2.52. The van der Waals surface area contributed by atoms with E-state index in [2.05, 4.69) is 5.32 Å². The molecule has 0 aromatic heterocycles. The van der Waals surface area contributed by atoms with Crippen molar-refractivity contribution in [3.8, 4) is 0 Å². The molecule has 2 atom stereocenters. The number of aryl methyl sites for hydroxylation is 2. The van der Waals surface area contributed by atoms with Crippen LogP contribution >= 0.6 is 11.6 Å². The number of nitrogens with zero attached hydrogens (tertiary/aromatic N) is 2. The van der Waals surface area contributed by atoms with E-state index in [4.69, 9.17) is 11.6 Å². The summed E-state index contributed by atoms with van der Waals surface area (Å²) in [7, 11) is -3.77. The van der Waals surface area contributed by atoms with Crippen LogP contribution in [0.4, 0.5) is 5.69 Å². The van der Waals surface area contributed by atoms with Gasteiger partial charge in [0.2, 0.25) is 21.8 Å². The molecule has 7 nitrogen and oxygen atoms in total. The Balaban J connectivity index is 2.43. The Hall–Kier alpha value is -2.58. The Labute approximate surface area is 208 Å². The van der Waals surface area contributed by atoms with E-state index in [1.807, 2.05) is 19.9 Å². The molecule has 2 rings (SSSR count). The second kappa shape index (κ2) is 11.7. The first-order chi connectivity index (χ1) is 15.8. The van der Waals surface area contributed by atoms with Crippen LogP contribution in [0.15, 0.2) is 42.5 Å². The van der Waals surface area contributed by atoms with Gasteiger partial charge < -0.3 is 10.2 Å². The van der Waals surface area contributed by atoms with Crippen molar-refractivity contribution in [1.29, 1.82) is 0 Å². The second-order valence-electron chi connectivity index (χ2n) is 8.65. The molecule has 0 aliphatic carbocycles. The van der Waals surface area contributed by atoms with Crippen LogP contribution in [-0.4, -0.2) is 50.0 Å². The number of hydrogen-bond acceptors (Lipinski definition) is 4. The average Bonchev–Trinajstić information content (AvgIpc) is 2.76. The van der Waals surface area contributed by atoms with Crippen LogP contribution in [0.2, 0.25) is 5.02 Å². The van der Waals surface area contributed by atoms with Crippen LogP contribution < -0.4 is 9.62 Å². The number of sulfonamides is 1. The molecule has 0 fully saturated rings. The number of halogens is 1. The molecule has 0 radical (unpaired) electrons. The lowest BCUT2D eigenvalue weighted by Gasteiger charge is -2.32. The van der Waals surface area contributed by atoms with Crippen molar-refractivity contribution in [2.45, 2.75) is 59.7 Å². The number of nitrogens with one attached hydrogen (secondary N) is 1. The zero-order valence-corrected chi connectivity index (χ0v) is 22.2. The molecule has 0 aliphatic heterocycles. The normalized spacial score (nSPS) is 13.1. The Bertz CT molecular complexity index is 1100. The van der Waals surface area contributed by atoms with Crippen molar-refractivity contribution in [2.75, 3.05) is 17.1 Å². The van der Waals surface area contributed by atoms with Crippen LogP contribution in [0.5, 0.6) is 0 Å². The molecule has 186 valence electrons. The number of benzene rings is 2. The van der Waals surface area contributed by atoms with E-state index in [1.165, 1.54) is 4.90 Å². The highest BCUT2D eigenvalue weighted by Crippen LogP contribution is 2.27. The van der Waals surface area contributed by atoms with E-state index < -0.39 is 28.5 Å². The van der Waals surface area contributed by atoms with Crippen molar-refractivity contribution >= 4 is 39.1 Å². The number of rotatable bonds is 10. The highest BCUT2D eigenvalue weighted by molar-refractivity contribution is 7.92. The summed E-state index contributed by atoms with van der Waals surface area (Å²) in [5.74, 6) is -0.774. The summed E-state index contributed by atoms with van der Waals surface area (Å²) in [4.78, 5) is 27.9. The third-order valence-electron chi connectivity index (χ3n) is 5.80. The first kappa shape index (κ1) is 27.7. The number of anilines is 1. The Morgan fingerprint density at radius 2 is 1.59 bits per heavy atom. The molecule has 9 heteroatoms. The van der Waals surface area contributed by atoms with Crippen molar-refractivity contribution in [3.63, 3.8) is 0 Å². The third-order valence-corrected chi connectivity index (χ3v) is 7.17. The summed E-state index contributed by atoms with van der Waals surface area (Å²) in [6.07, 6.45) is 1.83. The first-order valence-corrected chi connectivity index (χ1v) is 13.5. The number of para-hydroxylation sites is 1. The minimum atomic E-state index is -3.77. The standard InChI is InChI=1S/C25H34ClN3O4S/c1-7-19(4)27-25(31)20(5)28(15-21-11-13-22(26)14-12-21)23(30)16-29(34(6,32)33)24-17(2)9-8-10-18(24)3/h8-14,19-20H,7,15-16H2,1-6H3,(H,27,31)/t19-,20+/m0/s1. The van der Waals surface area contributed by atoms with E-state index in [0.29, 0.717) is 10.7 Å². The maximum atomic E-state index is 13.6. The second-order valence-corrected chi connectivity index (χ2v) is 11.0. The summed E-state index contributed by atoms with van der Waals surface area (Å²) in [5.41, 5.74) is 2.73. The first-order valence-electron chi connectivity index (χ1n) is 11.2. The molecule has 34 heavy (non-hydrogen) atoms. The lowest BCUT2D eigenvalue weighted by atomic mass is 10.1. The maximum Gasteiger partial charge on any atom is 0.244 e. The van der Waals surface area contributed by atoms with Gasteiger partial charge >= 0.3 is 0 Å². The van der Waals surface area contributed by atoms with Gasteiger partial charge in [-0.25, -0.2) is 8.42 Å². The van der Waals surface area contributed by atoms with Crippen molar-refractivity contribution < 1.29 is 18.0 Å². The van der Waals surface area contributed by atoms with Crippen molar-refractivity contribution in [3.05, 3.63) is 64.2 Å². The van der Waals surface area contributed by atoms with E-state index in [0.717, 1.165) is 33.7 Å². The molecular weight excluding hydrogens is 474 g/mol. The summed E-state index contributed by atoms with van der Waals surface area (Å²) < 4.78 is 26.6. The zero-order valence-electron chi connectivity index (χ0n) is 20.6. The topological polar surface area (TPSA) is 86.8 Å². The lowest BCUT2D eigenvalue weighted by molar-refractivity contribution is -0.139. The number of carbonyl (C=O) groups excluding carboxylic acids is 2. The van der Waals surface area contributed by atoms with Gasteiger partial charge in [-0.05, 0) is 62.9 Å². The zero-order chi connectivity index (χ0) is 25.6. The molecule has 0 spiro atoms. The Kier molecular flexibility index (Phi) is 9.53. The highest BCUT2D eigenvalue weighted by Gasteiger charge is 2.31. The average molecular weight is 508 g/mol. The molecule has 1 N–H and O–H groups in total. The molecule has 2 amide bonds. The van der Waals surface area contributed by atoms with Crippen LogP contribution in [0.25, 0.3) is 0 Å². The van der Waals surface area contributed by atoms with Crippen LogP contribution in [-0.2, 0) is 26.2 Å². The molecule has 2 aromatic carbocycles. The highest BCUT2D eigenvalue weighted by atomic mass is 35.5. The monoisotopic (exact) mass is 507 g/mol. The van der Waals surface area contributed by atoms with E-state index in [9.17, 15) is 18.0 Å². The van der Waals surface area contributed by atoms with Gasteiger partial charge in [0.15, 0.2) is 0 Å². The predicted octanol–water partition coefficient (Wildman–Crippen LogP) is 4.05. The maximum absolute atomic E-state index is 13.6. The van der Waals surface area contributed by atoms with Crippen molar-refractivity contribution in [1.82, 2.24) is 10.2 Å². The quantitative estimate of drug-likeness (QED) is 0.525. The summed E-state index contributed by atoms with van der Waals surface area (Å²) in [6.45, 7) is 8.82. The summed E-state index contributed by atoms with van der Waals surface area (Å²) in [5, 5.41) is 3.47. The minimum Gasteiger partial charge on any atom is -0.352 e. The molecule has 0 aliphatic rings. The van der Waals surface area contributed by atoms with Crippen molar-refractivity contribution in [2.24, 2.45) is 0 Å². The molecule has 0 bridgehead atoms. The third kappa shape index (κ3) is 7.21. The van der Waals surface area contributed by atoms with Gasteiger partial charge in [-0.15, -0.1) is 0 Å². The molecule has 0 saturated carbocycles. The molecule has 0 heterocycles. The van der Waals surface area contributed by atoms with Crippen LogP contribution in [0.3, 0.4) is 0 Å². The minimum absolute atomic E-state index is 0.0513. The summed E-state index contributed by atoms with van der Waals surface area (Å²) in [6, 6.07) is 11.6. The fourth-order valence-corrected chi connectivity index (χ4v) is 4.70. The van der Waals surface area contributed by atoms with Gasteiger partial charge in [0.05, 0.1) is 11.9 Å². The van der Waals surface area contributed by atoms with Gasteiger partial charge in [0.1, 0.15) is 12.6 Å². The SMILES string of the molecule is CC[C@H](C)NC(=O)[C@@H](C)N(Cc1ccc(Cl)cc1)C(=O)CN(c1c(C)cccc1C)S(C)(=O)=O. The Morgan fingerprint density at radius 3 is 2.09 bits per heavy atom. The predicted molar refractivity (Wildman–Crippen MR) is 137 cm³/mol. The summed E-state index contributed by atoms with van der Waals surface area (Å²) >= 11 is 6.00. The number of carbonyl (C=O) groups is 2.